The van der Waals surface area contributed by atoms with Gasteiger partial charge in [-0.1, -0.05) is 19.3 Å². The number of carbonyl (C=O) groups excluding carboxylic acids is 1. The summed E-state index contributed by atoms with van der Waals surface area (Å²) >= 11 is 0. The highest BCUT2D eigenvalue weighted by atomic mass is 16.4. The zero-order valence-electron chi connectivity index (χ0n) is 11.4. The van der Waals surface area contributed by atoms with Gasteiger partial charge in [-0.2, -0.15) is 0 Å². The Kier molecular flexibility index (Phi) is 4.58. The first kappa shape index (κ1) is 14.1. The molecule has 19 heavy (non-hydrogen) atoms. The third kappa shape index (κ3) is 3.35. The summed E-state index contributed by atoms with van der Waals surface area (Å²) < 4.78 is 0. The number of rotatable bonds is 4. The van der Waals surface area contributed by atoms with Crippen molar-refractivity contribution in [3.8, 4) is 0 Å². The topological polar surface area (TPSA) is 78.4 Å². The number of hydrogen-bond acceptors (Lipinski definition) is 3. The van der Waals surface area contributed by atoms with Crippen LogP contribution in [0.4, 0.5) is 0 Å². The summed E-state index contributed by atoms with van der Waals surface area (Å²) in [4.78, 5) is 23.4. The van der Waals surface area contributed by atoms with Gasteiger partial charge in [0.05, 0.1) is 0 Å². The standard InChI is InChI=1S/C14H22N2O3/c1-9(11-7-15-8-11)13(17)16-12(14(18)19)10-5-3-2-4-6-10/h10,12,15H,2-8H2,1H3,(H,16,17)(H,18,19). The molecule has 1 saturated carbocycles. The molecule has 0 aromatic rings. The number of nitrogens with one attached hydrogen (secondary N) is 2. The van der Waals surface area contributed by atoms with Crippen molar-refractivity contribution in [3.63, 3.8) is 0 Å². The minimum absolute atomic E-state index is 0.0764. The lowest BCUT2D eigenvalue weighted by Gasteiger charge is -2.29. The number of hydrogen-bond donors (Lipinski definition) is 3. The van der Waals surface area contributed by atoms with E-state index >= 15 is 0 Å². The molecular weight excluding hydrogens is 244 g/mol. The van der Waals surface area contributed by atoms with Crippen molar-refractivity contribution in [2.45, 2.75) is 45.1 Å². The van der Waals surface area contributed by atoms with Gasteiger partial charge >= 0.3 is 5.97 Å². The average molecular weight is 266 g/mol. The van der Waals surface area contributed by atoms with Crippen molar-refractivity contribution in [3.05, 3.63) is 11.1 Å². The van der Waals surface area contributed by atoms with Gasteiger partial charge in [0.1, 0.15) is 6.04 Å². The third-order valence-corrected chi connectivity index (χ3v) is 4.22. The van der Waals surface area contributed by atoms with E-state index in [4.69, 9.17) is 0 Å². The first-order chi connectivity index (χ1) is 9.09. The second-order valence-corrected chi connectivity index (χ2v) is 5.52. The van der Waals surface area contributed by atoms with Crippen LogP contribution in [0.3, 0.4) is 0 Å². The molecule has 5 heteroatoms. The molecule has 1 amide bonds. The third-order valence-electron chi connectivity index (χ3n) is 4.22. The fourth-order valence-electron chi connectivity index (χ4n) is 2.77. The summed E-state index contributed by atoms with van der Waals surface area (Å²) in [5.74, 6) is -1.06. The lowest BCUT2D eigenvalue weighted by Crippen LogP contribution is -2.48. The Balaban J connectivity index is 2.00. The largest absolute Gasteiger partial charge is 0.480 e. The molecule has 5 nitrogen and oxygen atoms in total. The number of aliphatic carboxylic acids is 1. The average Bonchev–Trinajstić information content (AvgIpc) is 2.34. The highest BCUT2D eigenvalue weighted by molar-refractivity contribution is 5.96. The molecule has 0 aromatic heterocycles. The number of carboxylic acids is 1. The summed E-state index contributed by atoms with van der Waals surface area (Å²) in [7, 11) is 0. The lowest BCUT2D eigenvalue weighted by molar-refractivity contribution is -0.143. The van der Waals surface area contributed by atoms with Gasteiger partial charge in [-0.3, -0.25) is 4.79 Å². The molecule has 2 aliphatic rings. The fraction of sp³-hybridized carbons (Fsp3) is 0.714. The number of carboxylic acid groups (broad SMARTS) is 1. The maximum atomic E-state index is 12.1. The molecule has 0 aromatic carbocycles. The zero-order valence-corrected chi connectivity index (χ0v) is 11.4. The molecule has 1 aliphatic carbocycles. The SMILES string of the molecule is CC(C(=O)NC(C(=O)O)C1CCCCC1)=C1CNC1. The number of carbonyl (C=O) groups is 2. The molecule has 1 unspecified atom stereocenters. The van der Waals surface area contributed by atoms with E-state index in [2.05, 4.69) is 10.6 Å². The molecule has 0 bridgehead atoms. The Morgan fingerprint density at radius 1 is 1.26 bits per heavy atom. The Morgan fingerprint density at radius 3 is 2.37 bits per heavy atom. The van der Waals surface area contributed by atoms with Gasteiger partial charge in [-0.25, -0.2) is 4.79 Å². The van der Waals surface area contributed by atoms with Crippen molar-refractivity contribution in [1.29, 1.82) is 0 Å². The molecule has 3 N–H and O–H groups in total. The van der Waals surface area contributed by atoms with Gasteiger partial charge in [-0.15, -0.1) is 0 Å². The second kappa shape index (κ2) is 6.19. The minimum atomic E-state index is -0.912. The van der Waals surface area contributed by atoms with E-state index in [1.165, 1.54) is 6.42 Å². The van der Waals surface area contributed by atoms with Crippen LogP contribution in [-0.4, -0.2) is 36.1 Å². The molecule has 2 rings (SSSR count). The Morgan fingerprint density at radius 2 is 1.89 bits per heavy atom. The van der Waals surface area contributed by atoms with Crippen LogP contribution in [0.1, 0.15) is 39.0 Å². The molecule has 0 radical (unpaired) electrons. The predicted octanol–water partition coefficient (Wildman–Crippen LogP) is 1.06. The van der Waals surface area contributed by atoms with E-state index < -0.39 is 12.0 Å². The second-order valence-electron chi connectivity index (χ2n) is 5.52. The van der Waals surface area contributed by atoms with Gasteiger partial charge in [0, 0.05) is 18.7 Å². The van der Waals surface area contributed by atoms with Crippen molar-refractivity contribution in [1.82, 2.24) is 10.6 Å². The van der Waals surface area contributed by atoms with Crippen LogP contribution in [0.15, 0.2) is 11.1 Å². The van der Waals surface area contributed by atoms with Gasteiger partial charge in [0.2, 0.25) is 5.91 Å². The molecule has 1 atom stereocenters. The molecular formula is C14H22N2O3. The Hall–Kier alpha value is -1.36. The van der Waals surface area contributed by atoms with Crippen molar-refractivity contribution in [2.24, 2.45) is 5.92 Å². The minimum Gasteiger partial charge on any atom is -0.480 e. The van der Waals surface area contributed by atoms with Gasteiger partial charge in [0.25, 0.3) is 0 Å². The first-order valence-corrected chi connectivity index (χ1v) is 7.02. The van der Waals surface area contributed by atoms with Crippen LogP contribution < -0.4 is 10.6 Å². The van der Waals surface area contributed by atoms with Crippen LogP contribution in [0.25, 0.3) is 0 Å². The molecule has 1 heterocycles. The van der Waals surface area contributed by atoms with E-state index in [0.29, 0.717) is 5.57 Å². The van der Waals surface area contributed by atoms with Crippen LogP contribution in [0.2, 0.25) is 0 Å². The zero-order chi connectivity index (χ0) is 13.8. The van der Waals surface area contributed by atoms with Crippen molar-refractivity contribution in [2.75, 3.05) is 13.1 Å². The summed E-state index contributed by atoms with van der Waals surface area (Å²) in [6.45, 7) is 3.24. The van der Waals surface area contributed by atoms with Crippen LogP contribution in [0.5, 0.6) is 0 Å². The molecule has 1 aliphatic heterocycles. The lowest BCUT2D eigenvalue weighted by atomic mass is 9.83. The molecule has 1 saturated heterocycles. The van der Waals surface area contributed by atoms with E-state index in [0.717, 1.165) is 44.3 Å². The van der Waals surface area contributed by atoms with Crippen LogP contribution >= 0.6 is 0 Å². The Bertz CT molecular complexity index is 391. The fourth-order valence-corrected chi connectivity index (χ4v) is 2.77. The quantitative estimate of drug-likeness (QED) is 0.665. The maximum Gasteiger partial charge on any atom is 0.326 e. The summed E-state index contributed by atoms with van der Waals surface area (Å²) in [5.41, 5.74) is 1.74. The van der Waals surface area contributed by atoms with E-state index in [-0.39, 0.29) is 11.8 Å². The number of amides is 1. The Labute approximate surface area is 113 Å². The smallest absolute Gasteiger partial charge is 0.326 e. The molecule has 106 valence electrons. The van der Waals surface area contributed by atoms with Crippen LogP contribution in [-0.2, 0) is 9.59 Å². The normalized spacial score (nSPS) is 21.4. The molecule has 2 fully saturated rings. The summed E-state index contributed by atoms with van der Waals surface area (Å²) in [6.07, 6.45) is 5.09. The van der Waals surface area contributed by atoms with Gasteiger partial charge < -0.3 is 15.7 Å². The highest BCUT2D eigenvalue weighted by Gasteiger charge is 2.31. The molecule has 0 spiro atoms. The maximum absolute atomic E-state index is 12.1. The van der Waals surface area contributed by atoms with Crippen molar-refractivity contribution >= 4 is 11.9 Å². The van der Waals surface area contributed by atoms with Crippen molar-refractivity contribution < 1.29 is 14.7 Å². The first-order valence-electron chi connectivity index (χ1n) is 7.02. The van der Waals surface area contributed by atoms with E-state index in [9.17, 15) is 14.7 Å². The monoisotopic (exact) mass is 266 g/mol. The summed E-state index contributed by atoms with van der Waals surface area (Å²) in [6, 6.07) is -0.739. The highest BCUT2D eigenvalue weighted by Crippen LogP contribution is 2.27. The predicted molar refractivity (Wildman–Crippen MR) is 71.7 cm³/mol. The van der Waals surface area contributed by atoms with Crippen LogP contribution in [0, 0.1) is 5.92 Å². The van der Waals surface area contributed by atoms with E-state index in [1.54, 1.807) is 6.92 Å². The van der Waals surface area contributed by atoms with E-state index in [1.807, 2.05) is 0 Å². The van der Waals surface area contributed by atoms with Gasteiger partial charge in [0.15, 0.2) is 0 Å². The summed E-state index contributed by atoms with van der Waals surface area (Å²) in [5, 5.41) is 15.1. The van der Waals surface area contributed by atoms with Gasteiger partial charge in [-0.05, 0) is 31.3 Å².